The number of rotatable bonds is 7. The van der Waals surface area contributed by atoms with Crippen LogP contribution in [0.5, 0.6) is 0 Å². The van der Waals surface area contributed by atoms with Gasteiger partial charge in [-0.1, -0.05) is 44.2 Å². The standard InChI is InChI=1S/C28H32F3N7O4/c1-15(2)11-20(36(5)23(39)17(4)33-26(42)28(29,30)31)24(40)37-14-27(12-19(37)13-32)25(41)34-22-16(3)21(35-38(22)27)18-9-7-6-8-10-18/h6-10,15,17,19-20H,11-12,14H2,1-5H3,(H,33,42)(H,34,41). The van der Waals surface area contributed by atoms with Crippen LogP contribution in [0, 0.1) is 24.2 Å². The number of nitriles is 1. The van der Waals surface area contributed by atoms with E-state index in [0.29, 0.717) is 11.5 Å². The molecule has 2 aliphatic rings. The highest BCUT2D eigenvalue weighted by Crippen LogP contribution is 2.44. The van der Waals surface area contributed by atoms with E-state index in [1.807, 2.05) is 37.3 Å². The molecule has 1 aromatic carbocycles. The van der Waals surface area contributed by atoms with Crippen molar-refractivity contribution >= 4 is 29.4 Å². The van der Waals surface area contributed by atoms with Gasteiger partial charge in [0.15, 0.2) is 5.54 Å². The highest BCUT2D eigenvalue weighted by Gasteiger charge is 2.58. The van der Waals surface area contributed by atoms with E-state index < -0.39 is 53.5 Å². The molecule has 4 rings (SSSR count). The van der Waals surface area contributed by atoms with Gasteiger partial charge in [-0.15, -0.1) is 0 Å². The van der Waals surface area contributed by atoms with Gasteiger partial charge in [-0.2, -0.15) is 23.5 Å². The van der Waals surface area contributed by atoms with E-state index in [9.17, 15) is 37.6 Å². The molecule has 3 heterocycles. The van der Waals surface area contributed by atoms with Gasteiger partial charge in [0.2, 0.25) is 11.8 Å². The van der Waals surface area contributed by atoms with E-state index >= 15 is 0 Å². The molecular formula is C28H32F3N7O4. The van der Waals surface area contributed by atoms with E-state index in [1.54, 1.807) is 19.2 Å². The summed E-state index contributed by atoms with van der Waals surface area (Å²) in [6, 6.07) is 7.64. The first kappa shape index (κ1) is 30.5. The van der Waals surface area contributed by atoms with Gasteiger partial charge in [-0.05, 0) is 26.2 Å². The third kappa shape index (κ3) is 5.31. The summed E-state index contributed by atoms with van der Waals surface area (Å²) in [7, 11) is 1.26. The summed E-state index contributed by atoms with van der Waals surface area (Å²) in [6.45, 7) is 6.31. The minimum absolute atomic E-state index is 0.0481. The third-order valence-corrected chi connectivity index (χ3v) is 7.77. The van der Waals surface area contributed by atoms with Crippen molar-refractivity contribution in [1.82, 2.24) is 24.9 Å². The van der Waals surface area contributed by atoms with Crippen molar-refractivity contribution in [2.24, 2.45) is 5.92 Å². The molecule has 0 bridgehead atoms. The summed E-state index contributed by atoms with van der Waals surface area (Å²) in [4.78, 5) is 54.1. The fourth-order valence-corrected chi connectivity index (χ4v) is 5.56. The Morgan fingerprint density at radius 3 is 2.45 bits per heavy atom. The molecule has 1 aromatic heterocycles. The normalized spacial score (nSPS) is 21.1. The Bertz CT molecular complexity index is 1450. The molecule has 4 unspecified atom stereocenters. The second-order valence-electron chi connectivity index (χ2n) is 11.2. The Morgan fingerprint density at radius 1 is 1.24 bits per heavy atom. The summed E-state index contributed by atoms with van der Waals surface area (Å²) in [5, 5.41) is 19.2. The van der Waals surface area contributed by atoms with Gasteiger partial charge in [-0.25, -0.2) is 4.68 Å². The number of aromatic nitrogens is 2. The lowest BCUT2D eigenvalue weighted by atomic mass is 9.96. The molecule has 0 aliphatic carbocycles. The van der Waals surface area contributed by atoms with Crippen LogP contribution in [0.25, 0.3) is 11.3 Å². The lowest BCUT2D eigenvalue weighted by Gasteiger charge is -2.34. The van der Waals surface area contributed by atoms with E-state index in [0.717, 1.165) is 23.0 Å². The fraction of sp³-hybridized carbons (Fsp3) is 0.500. The molecule has 4 amide bonds. The SMILES string of the molecule is Cc1c(-c2ccccc2)nn2c1NC(=O)C21CC(C#N)N(C(=O)C(CC(C)C)N(C)C(=O)C(C)NC(=O)C(F)(F)F)C1. The number of hydrogen-bond donors (Lipinski definition) is 2. The van der Waals surface area contributed by atoms with E-state index in [-0.39, 0.29) is 25.3 Å². The van der Waals surface area contributed by atoms with Crippen molar-refractivity contribution < 1.29 is 32.3 Å². The molecular weight excluding hydrogens is 555 g/mol. The van der Waals surface area contributed by atoms with Crippen LogP contribution < -0.4 is 10.6 Å². The Morgan fingerprint density at radius 2 is 1.88 bits per heavy atom. The van der Waals surface area contributed by atoms with E-state index in [1.165, 1.54) is 16.6 Å². The quantitative estimate of drug-likeness (QED) is 0.510. The van der Waals surface area contributed by atoms with Gasteiger partial charge in [-0.3, -0.25) is 19.2 Å². The molecule has 11 nitrogen and oxygen atoms in total. The van der Waals surface area contributed by atoms with E-state index in [2.05, 4.69) is 11.4 Å². The number of halogens is 3. The maximum atomic E-state index is 14.0. The molecule has 0 radical (unpaired) electrons. The lowest BCUT2D eigenvalue weighted by molar-refractivity contribution is -0.175. The van der Waals surface area contributed by atoms with Gasteiger partial charge in [0.05, 0.1) is 18.3 Å². The second-order valence-corrected chi connectivity index (χ2v) is 11.2. The molecule has 1 saturated heterocycles. The average Bonchev–Trinajstić information content (AvgIpc) is 3.57. The molecule has 224 valence electrons. The number of likely N-dealkylation sites (tertiary alicyclic amines) is 1. The van der Waals surface area contributed by atoms with Crippen LogP contribution in [-0.4, -0.2) is 81.1 Å². The van der Waals surface area contributed by atoms with Gasteiger partial charge in [0, 0.05) is 24.6 Å². The molecule has 14 heteroatoms. The van der Waals surface area contributed by atoms with Crippen LogP contribution in [0.4, 0.5) is 19.0 Å². The first-order valence-electron chi connectivity index (χ1n) is 13.4. The zero-order valence-electron chi connectivity index (χ0n) is 23.8. The highest BCUT2D eigenvalue weighted by molar-refractivity contribution is 6.03. The third-order valence-electron chi connectivity index (χ3n) is 7.77. The van der Waals surface area contributed by atoms with Crippen LogP contribution in [0.2, 0.25) is 0 Å². The molecule has 2 aromatic rings. The molecule has 1 spiro atoms. The van der Waals surface area contributed by atoms with Crippen molar-refractivity contribution in [2.75, 3.05) is 18.9 Å². The van der Waals surface area contributed by atoms with Crippen molar-refractivity contribution in [3.8, 4) is 17.3 Å². The van der Waals surface area contributed by atoms with Crippen LogP contribution in [0.15, 0.2) is 30.3 Å². The minimum atomic E-state index is -5.18. The Hall–Kier alpha value is -4.41. The van der Waals surface area contributed by atoms with Gasteiger partial charge in [0.25, 0.3) is 5.91 Å². The van der Waals surface area contributed by atoms with Crippen molar-refractivity contribution in [3.63, 3.8) is 0 Å². The topological polar surface area (TPSA) is 140 Å². The molecule has 2 N–H and O–H groups in total. The zero-order chi connectivity index (χ0) is 31.1. The number of benzene rings is 1. The van der Waals surface area contributed by atoms with Crippen LogP contribution in [-0.2, 0) is 24.7 Å². The summed E-state index contributed by atoms with van der Waals surface area (Å²) in [5.74, 6) is -3.91. The number of fused-ring (bicyclic) bond motifs is 2. The van der Waals surface area contributed by atoms with Crippen LogP contribution in [0.1, 0.15) is 39.2 Å². The monoisotopic (exact) mass is 587 g/mol. The zero-order valence-corrected chi connectivity index (χ0v) is 23.8. The molecule has 0 saturated carbocycles. The number of nitrogens with zero attached hydrogens (tertiary/aromatic N) is 5. The van der Waals surface area contributed by atoms with Crippen LogP contribution >= 0.6 is 0 Å². The van der Waals surface area contributed by atoms with Gasteiger partial charge in [0.1, 0.15) is 23.9 Å². The fourth-order valence-electron chi connectivity index (χ4n) is 5.56. The number of carbonyl (C=O) groups excluding carboxylic acids is 4. The number of hydrogen-bond acceptors (Lipinski definition) is 6. The first-order valence-corrected chi connectivity index (χ1v) is 13.4. The van der Waals surface area contributed by atoms with Crippen molar-refractivity contribution in [3.05, 3.63) is 35.9 Å². The number of anilines is 1. The summed E-state index contributed by atoms with van der Waals surface area (Å²) >= 11 is 0. The molecule has 2 aliphatic heterocycles. The number of nitrogens with one attached hydrogen (secondary N) is 2. The summed E-state index contributed by atoms with van der Waals surface area (Å²) in [6.07, 6.45) is -5.11. The lowest BCUT2D eigenvalue weighted by Crippen LogP contribution is -2.56. The highest BCUT2D eigenvalue weighted by atomic mass is 19.4. The largest absolute Gasteiger partial charge is 0.471 e. The average molecular weight is 588 g/mol. The van der Waals surface area contributed by atoms with Crippen molar-refractivity contribution in [2.45, 2.75) is 70.4 Å². The van der Waals surface area contributed by atoms with Crippen molar-refractivity contribution in [1.29, 1.82) is 5.26 Å². The number of amides is 4. The predicted octanol–water partition coefficient (Wildman–Crippen LogP) is 2.57. The Balaban J connectivity index is 1.64. The first-order chi connectivity index (χ1) is 19.6. The second kappa shape index (κ2) is 11.1. The summed E-state index contributed by atoms with van der Waals surface area (Å²) < 4.78 is 39.8. The maximum Gasteiger partial charge on any atom is 0.471 e. The van der Waals surface area contributed by atoms with E-state index in [4.69, 9.17) is 5.10 Å². The molecule has 42 heavy (non-hydrogen) atoms. The number of alkyl halides is 3. The smallest absolute Gasteiger partial charge is 0.337 e. The summed E-state index contributed by atoms with van der Waals surface area (Å²) in [5.41, 5.74) is 0.818. The maximum absolute atomic E-state index is 14.0. The Kier molecular flexibility index (Phi) is 8.08. The molecule has 4 atom stereocenters. The number of carbonyl (C=O) groups is 4. The number of likely N-dealkylation sites (N-methyl/N-ethyl adjacent to an activating group) is 1. The molecule has 1 fully saturated rings. The predicted molar refractivity (Wildman–Crippen MR) is 144 cm³/mol. The van der Waals surface area contributed by atoms with Gasteiger partial charge < -0.3 is 20.4 Å². The minimum Gasteiger partial charge on any atom is -0.337 e. The van der Waals surface area contributed by atoms with Gasteiger partial charge >= 0.3 is 12.1 Å². The van der Waals surface area contributed by atoms with Crippen LogP contribution in [0.3, 0.4) is 0 Å². The Labute approximate surface area is 240 Å².